The summed E-state index contributed by atoms with van der Waals surface area (Å²) in [5, 5.41) is 23.1. The molecule has 0 spiro atoms. The van der Waals surface area contributed by atoms with Gasteiger partial charge in [-0.2, -0.15) is 0 Å². The van der Waals surface area contributed by atoms with Crippen molar-refractivity contribution in [3.05, 3.63) is 48.0 Å². The lowest BCUT2D eigenvalue weighted by atomic mass is 10.2. The summed E-state index contributed by atoms with van der Waals surface area (Å²) in [4.78, 5) is 30.0. The van der Waals surface area contributed by atoms with Crippen LogP contribution >= 0.6 is 0 Å². The number of aromatic carboxylic acids is 1. The summed E-state index contributed by atoms with van der Waals surface area (Å²) in [5.41, 5.74) is -0.949. The van der Waals surface area contributed by atoms with Crippen molar-refractivity contribution in [2.75, 3.05) is 20.3 Å². The number of ether oxygens (including phenoxy) is 2. The topological polar surface area (TPSA) is 134 Å². The van der Waals surface area contributed by atoms with Crippen LogP contribution in [-0.4, -0.2) is 53.3 Å². The highest BCUT2D eigenvalue weighted by molar-refractivity contribution is 6.01. The first kappa shape index (κ1) is 18.1. The third-order valence-electron chi connectivity index (χ3n) is 3.11. The quantitative estimate of drug-likeness (QED) is 0.623. The molecule has 2 N–H and O–H groups in total. The van der Waals surface area contributed by atoms with Crippen LogP contribution in [0.25, 0.3) is 0 Å². The summed E-state index contributed by atoms with van der Waals surface area (Å²) in [7, 11) is 1.55. The molecule has 0 unspecified atom stereocenters. The van der Waals surface area contributed by atoms with Gasteiger partial charge in [0, 0.05) is 18.9 Å². The molecule has 2 aromatic rings. The first-order chi connectivity index (χ1) is 12.0. The normalized spacial score (nSPS) is 11.4. The predicted molar refractivity (Wildman–Crippen MR) is 83.2 cm³/mol. The molecule has 1 aromatic heterocycles. The summed E-state index contributed by atoms with van der Waals surface area (Å²) in [5.74, 6) is -1.19. The third-order valence-corrected chi connectivity index (χ3v) is 3.11. The fourth-order valence-electron chi connectivity index (χ4n) is 1.87. The molecule has 2 rings (SSSR count). The molecule has 25 heavy (non-hydrogen) atoms. The Morgan fingerprint density at radius 1 is 1.16 bits per heavy atom. The largest absolute Gasteiger partial charge is 0.543 e. The van der Waals surface area contributed by atoms with Gasteiger partial charge in [0.15, 0.2) is 5.69 Å². The molecular weight excluding hydrogens is 330 g/mol. The lowest BCUT2D eigenvalue weighted by Crippen LogP contribution is -2.37. The number of carboxylic acids is 1. The lowest BCUT2D eigenvalue weighted by molar-refractivity contribution is -0.255. The molecule has 1 aromatic carbocycles. The van der Waals surface area contributed by atoms with Crippen LogP contribution in [0.1, 0.15) is 21.0 Å². The van der Waals surface area contributed by atoms with Gasteiger partial charge in [-0.25, -0.2) is 4.98 Å². The third kappa shape index (κ3) is 5.15. The number of carbonyl (C=O) groups excluding carboxylic acids is 2. The Hall–Kier alpha value is -3.20. The van der Waals surface area contributed by atoms with Gasteiger partial charge in [0.2, 0.25) is 0 Å². The van der Waals surface area contributed by atoms with E-state index in [1.54, 1.807) is 31.4 Å². The second kappa shape index (κ2) is 8.60. The van der Waals surface area contributed by atoms with E-state index in [0.29, 0.717) is 11.5 Å². The highest BCUT2D eigenvalue weighted by atomic mass is 16.5. The van der Waals surface area contributed by atoms with E-state index in [1.165, 1.54) is 6.20 Å². The van der Waals surface area contributed by atoms with Crippen molar-refractivity contribution in [1.29, 1.82) is 0 Å². The highest BCUT2D eigenvalue weighted by Crippen LogP contribution is 2.17. The van der Waals surface area contributed by atoms with Gasteiger partial charge in [-0.3, -0.25) is 9.78 Å². The van der Waals surface area contributed by atoms with Crippen molar-refractivity contribution in [3.63, 3.8) is 0 Å². The number of benzene rings is 1. The Labute approximate surface area is 143 Å². The molecule has 0 aliphatic carbocycles. The second-order valence-corrected chi connectivity index (χ2v) is 4.89. The minimum Gasteiger partial charge on any atom is -0.543 e. The molecule has 9 nitrogen and oxygen atoms in total. The zero-order valence-corrected chi connectivity index (χ0v) is 13.3. The molecule has 132 valence electrons. The monoisotopic (exact) mass is 346 g/mol. The molecule has 1 heterocycles. The average Bonchev–Trinajstić information content (AvgIpc) is 2.64. The van der Waals surface area contributed by atoms with Crippen LogP contribution in [0.3, 0.4) is 0 Å². The number of carbonyl (C=O) groups is 2. The first-order valence-electron chi connectivity index (χ1n) is 7.26. The standard InChI is InChI=1S/C16H17N3O6/c1-24-11-2-4-12(5-3-11)25-9-10(20)8-19-15(21)13-14(16(22)23)18-7-6-17-13/h2-7,10,20H,8-9H2,1H3,(H,19,21)(H,22,23)/p-1/t10-/m0/s1. The van der Waals surface area contributed by atoms with E-state index in [4.69, 9.17) is 9.47 Å². The number of aliphatic hydroxyl groups excluding tert-OH is 1. The Bertz CT molecular complexity index is 735. The molecule has 1 amide bonds. The molecule has 0 fully saturated rings. The van der Waals surface area contributed by atoms with Gasteiger partial charge in [-0.1, -0.05) is 0 Å². The number of nitrogens with zero attached hydrogens (tertiary/aromatic N) is 2. The zero-order valence-electron chi connectivity index (χ0n) is 13.3. The number of methoxy groups -OCH3 is 1. The van der Waals surface area contributed by atoms with Gasteiger partial charge in [0.25, 0.3) is 5.91 Å². The Balaban J connectivity index is 1.84. The van der Waals surface area contributed by atoms with Gasteiger partial charge in [0.1, 0.15) is 29.9 Å². The summed E-state index contributed by atoms with van der Waals surface area (Å²) in [6.07, 6.45) is 1.32. The van der Waals surface area contributed by atoms with Crippen LogP contribution < -0.4 is 19.9 Å². The van der Waals surface area contributed by atoms with Gasteiger partial charge in [-0.15, -0.1) is 0 Å². The van der Waals surface area contributed by atoms with E-state index >= 15 is 0 Å². The molecule has 0 radical (unpaired) electrons. The van der Waals surface area contributed by atoms with Gasteiger partial charge < -0.3 is 29.8 Å². The number of aromatic nitrogens is 2. The van der Waals surface area contributed by atoms with Crippen molar-refractivity contribution in [3.8, 4) is 11.5 Å². The number of hydrogen-bond acceptors (Lipinski definition) is 8. The van der Waals surface area contributed by atoms with Crippen LogP contribution in [-0.2, 0) is 0 Å². The molecule has 1 atom stereocenters. The number of amides is 1. The van der Waals surface area contributed by atoms with Crippen LogP contribution in [0.15, 0.2) is 36.7 Å². The van der Waals surface area contributed by atoms with E-state index in [1.807, 2.05) is 0 Å². The van der Waals surface area contributed by atoms with E-state index in [0.717, 1.165) is 6.20 Å². The fraction of sp³-hybridized carbons (Fsp3) is 0.250. The summed E-state index contributed by atoms with van der Waals surface area (Å²) >= 11 is 0. The molecule has 0 saturated carbocycles. The van der Waals surface area contributed by atoms with Crippen molar-refractivity contribution in [2.24, 2.45) is 0 Å². The van der Waals surface area contributed by atoms with E-state index in [2.05, 4.69) is 15.3 Å². The highest BCUT2D eigenvalue weighted by Gasteiger charge is 2.16. The van der Waals surface area contributed by atoms with Crippen molar-refractivity contribution >= 4 is 11.9 Å². The van der Waals surface area contributed by atoms with Gasteiger partial charge in [-0.05, 0) is 24.3 Å². The summed E-state index contributed by atoms with van der Waals surface area (Å²) in [6, 6.07) is 6.77. The molecular formula is C16H16N3O6-. The number of nitrogens with one attached hydrogen (secondary N) is 1. The zero-order chi connectivity index (χ0) is 18.2. The maximum Gasteiger partial charge on any atom is 0.272 e. The maximum absolute atomic E-state index is 11.9. The first-order valence-corrected chi connectivity index (χ1v) is 7.26. The summed E-state index contributed by atoms with van der Waals surface area (Å²) < 4.78 is 10.4. The Kier molecular flexibility index (Phi) is 6.24. The lowest BCUT2D eigenvalue weighted by Gasteiger charge is -2.14. The number of hydrogen-bond donors (Lipinski definition) is 2. The fourth-order valence-corrected chi connectivity index (χ4v) is 1.87. The average molecular weight is 346 g/mol. The van der Waals surface area contributed by atoms with Crippen molar-refractivity contribution < 1.29 is 29.3 Å². The van der Waals surface area contributed by atoms with E-state index in [9.17, 15) is 19.8 Å². The minimum atomic E-state index is -1.61. The summed E-state index contributed by atoms with van der Waals surface area (Å²) in [6.45, 7) is -0.224. The van der Waals surface area contributed by atoms with Crippen LogP contribution in [0.4, 0.5) is 0 Å². The van der Waals surface area contributed by atoms with E-state index < -0.39 is 23.7 Å². The van der Waals surface area contributed by atoms with Gasteiger partial charge >= 0.3 is 0 Å². The number of aliphatic hydroxyl groups is 1. The van der Waals surface area contributed by atoms with Crippen LogP contribution in [0.2, 0.25) is 0 Å². The number of rotatable bonds is 8. The maximum atomic E-state index is 11.9. The smallest absolute Gasteiger partial charge is 0.272 e. The van der Waals surface area contributed by atoms with Crippen molar-refractivity contribution in [2.45, 2.75) is 6.10 Å². The second-order valence-electron chi connectivity index (χ2n) is 4.89. The minimum absolute atomic E-state index is 0.0690. The molecule has 0 saturated heterocycles. The number of carboxylic acid groups (broad SMARTS) is 1. The molecule has 0 aliphatic rings. The Morgan fingerprint density at radius 3 is 2.36 bits per heavy atom. The molecule has 9 heteroatoms. The van der Waals surface area contributed by atoms with Crippen LogP contribution in [0.5, 0.6) is 11.5 Å². The Morgan fingerprint density at radius 2 is 1.76 bits per heavy atom. The molecule has 0 aliphatic heterocycles. The molecule has 0 bridgehead atoms. The predicted octanol–water partition coefficient (Wildman–Crippen LogP) is -0.982. The van der Waals surface area contributed by atoms with E-state index in [-0.39, 0.29) is 18.8 Å². The van der Waals surface area contributed by atoms with Gasteiger partial charge in [0.05, 0.1) is 13.1 Å². The van der Waals surface area contributed by atoms with Crippen LogP contribution in [0, 0.1) is 0 Å². The SMILES string of the molecule is COc1ccc(OC[C@@H](O)CNC(=O)c2nccnc2C(=O)[O-])cc1. The van der Waals surface area contributed by atoms with Crippen molar-refractivity contribution in [1.82, 2.24) is 15.3 Å².